The van der Waals surface area contributed by atoms with Gasteiger partial charge < -0.3 is 19.7 Å². The minimum atomic E-state index is 0.523. The molecular formula is C19H31N3O2S. The predicted molar refractivity (Wildman–Crippen MR) is 106 cm³/mol. The fourth-order valence-electron chi connectivity index (χ4n) is 2.88. The Labute approximate surface area is 156 Å². The first-order valence-corrected chi connectivity index (χ1v) is 9.88. The van der Waals surface area contributed by atoms with Crippen molar-refractivity contribution in [2.24, 2.45) is 16.8 Å². The summed E-state index contributed by atoms with van der Waals surface area (Å²) in [6.45, 7) is 5.91. The van der Waals surface area contributed by atoms with Crippen LogP contribution in [0.5, 0.6) is 5.75 Å². The predicted octanol–water partition coefficient (Wildman–Crippen LogP) is 2.97. The summed E-state index contributed by atoms with van der Waals surface area (Å²) in [4.78, 5) is 7.81. The maximum Gasteiger partial charge on any atom is 0.193 e. The van der Waals surface area contributed by atoms with Crippen LogP contribution in [0.1, 0.15) is 13.3 Å². The van der Waals surface area contributed by atoms with E-state index in [0.29, 0.717) is 11.8 Å². The average molecular weight is 366 g/mol. The number of rotatable bonds is 8. The number of nitrogens with zero attached hydrogens (tertiary/aromatic N) is 2. The Hall–Kier alpha value is -1.40. The standard InChI is InChI=1S/C19H31N3O2S/c1-15(14-25-18-8-6-5-7-17(18)23-4)11-21-19(20-2)22(3)12-16-9-10-24-13-16/h5-8,15-16H,9-14H2,1-4H3,(H,20,21). The van der Waals surface area contributed by atoms with Gasteiger partial charge >= 0.3 is 0 Å². The molecule has 2 atom stereocenters. The van der Waals surface area contributed by atoms with Gasteiger partial charge in [0.15, 0.2) is 5.96 Å². The normalized spacial score (nSPS) is 18.9. The molecule has 6 heteroatoms. The van der Waals surface area contributed by atoms with E-state index in [0.717, 1.165) is 50.2 Å². The molecule has 1 fully saturated rings. The summed E-state index contributed by atoms with van der Waals surface area (Å²) in [6, 6.07) is 8.18. The molecule has 0 amide bonds. The van der Waals surface area contributed by atoms with Crippen LogP contribution in [0.2, 0.25) is 0 Å². The monoisotopic (exact) mass is 365 g/mol. The molecule has 25 heavy (non-hydrogen) atoms. The molecule has 1 saturated heterocycles. The van der Waals surface area contributed by atoms with Gasteiger partial charge in [-0.3, -0.25) is 4.99 Å². The molecule has 0 saturated carbocycles. The summed E-state index contributed by atoms with van der Waals surface area (Å²) >= 11 is 1.84. The van der Waals surface area contributed by atoms with Gasteiger partial charge in [0.05, 0.1) is 13.7 Å². The molecule has 0 aromatic heterocycles. The lowest BCUT2D eigenvalue weighted by Crippen LogP contribution is -2.43. The lowest BCUT2D eigenvalue weighted by Gasteiger charge is -2.25. The molecule has 0 aliphatic carbocycles. The Kier molecular flexibility index (Phi) is 8.41. The highest BCUT2D eigenvalue weighted by Gasteiger charge is 2.19. The van der Waals surface area contributed by atoms with Crippen LogP contribution in [0.15, 0.2) is 34.2 Å². The zero-order valence-electron chi connectivity index (χ0n) is 15.8. The molecule has 1 aliphatic heterocycles. The van der Waals surface area contributed by atoms with Crippen molar-refractivity contribution in [3.05, 3.63) is 24.3 Å². The van der Waals surface area contributed by atoms with Crippen LogP contribution in [-0.2, 0) is 4.74 Å². The molecule has 1 aliphatic rings. The van der Waals surface area contributed by atoms with E-state index >= 15 is 0 Å². The van der Waals surface area contributed by atoms with Crippen molar-refractivity contribution in [1.29, 1.82) is 0 Å². The summed E-state index contributed by atoms with van der Waals surface area (Å²) in [6.07, 6.45) is 1.15. The minimum Gasteiger partial charge on any atom is -0.496 e. The van der Waals surface area contributed by atoms with E-state index in [1.807, 2.05) is 30.9 Å². The Morgan fingerprint density at radius 2 is 2.28 bits per heavy atom. The molecule has 0 radical (unpaired) electrons. The number of methoxy groups -OCH3 is 1. The lowest BCUT2D eigenvalue weighted by atomic mass is 10.1. The summed E-state index contributed by atoms with van der Waals surface area (Å²) in [5, 5.41) is 3.50. The van der Waals surface area contributed by atoms with Crippen molar-refractivity contribution in [2.75, 3.05) is 53.3 Å². The van der Waals surface area contributed by atoms with Gasteiger partial charge in [0.1, 0.15) is 5.75 Å². The quantitative estimate of drug-likeness (QED) is 0.436. The Morgan fingerprint density at radius 1 is 1.48 bits per heavy atom. The Balaban J connectivity index is 1.74. The van der Waals surface area contributed by atoms with E-state index in [-0.39, 0.29) is 0 Å². The van der Waals surface area contributed by atoms with Crippen LogP contribution < -0.4 is 10.1 Å². The number of hydrogen-bond donors (Lipinski definition) is 1. The largest absolute Gasteiger partial charge is 0.496 e. The van der Waals surface area contributed by atoms with Crippen LogP contribution in [-0.4, -0.2) is 64.1 Å². The van der Waals surface area contributed by atoms with E-state index in [9.17, 15) is 0 Å². The second-order valence-electron chi connectivity index (χ2n) is 6.61. The third kappa shape index (κ3) is 6.44. The first-order valence-electron chi connectivity index (χ1n) is 8.89. The van der Waals surface area contributed by atoms with Crippen LogP contribution in [0.4, 0.5) is 0 Å². The van der Waals surface area contributed by atoms with Gasteiger partial charge in [-0.2, -0.15) is 0 Å². The molecule has 1 N–H and O–H groups in total. The number of nitrogens with one attached hydrogen (secondary N) is 1. The number of ether oxygens (including phenoxy) is 2. The van der Waals surface area contributed by atoms with Gasteiger partial charge in [0.25, 0.3) is 0 Å². The number of thioether (sulfide) groups is 1. The second kappa shape index (κ2) is 10.6. The highest BCUT2D eigenvalue weighted by molar-refractivity contribution is 7.99. The van der Waals surface area contributed by atoms with Crippen molar-refractivity contribution < 1.29 is 9.47 Å². The molecule has 2 unspecified atom stereocenters. The fourth-order valence-corrected chi connectivity index (χ4v) is 3.93. The highest BCUT2D eigenvalue weighted by atomic mass is 32.2. The van der Waals surface area contributed by atoms with Gasteiger partial charge in [0.2, 0.25) is 0 Å². The molecule has 2 rings (SSSR count). The van der Waals surface area contributed by atoms with E-state index in [2.05, 4.69) is 41.3 Å². The number of para-hydroxylation sites is 1. The van der Waals surface area contributed by atoms with Gasteiger partial charge in [0, 0.05) is 50.4 Å². The third-order valence-electron chi connectivity index (χ3n) is 4.33. The maximum atomic E-state index is 5.46. The van der Waals surface area contributed by atoms with E-state index in [1.54, 1.807) is 7.11 Å². The molecule has 5 nitrogen and oxygen atoms in total. The Bertz CT molecular complexity index is 547. The first-order chi connectivity index (χ1) is 12.1. The zero-order chi connectivity index (χ0) is 18.1. The average Bonchev–Trinajstić information content (AvgIpc) is 3.13. The van der Waals surface area contributed by atoms with E-state index < -0.39 is 0 Å². The summed E-state index contributed by atoms with van der Waals surface area (Å²) in [7, 11) is 5.67. The number of guanidine groups is 1. The molecule has 1 aromatic rings. The fraction of sp³-hybridized carbons (Fsp3) is 0.632. The number of hydrogen-bond acceptors (Lipinski definition) is 4. The van der Waals surface area contributed by atoms with Gasteiger partial charge in [-0.05, 0) is 24.5 Å². The smallest absolute Gasteiger partial charge is 0.193 e. The van der Waals surface area contributed by atoms with Gasteiger partial charge in [-0.25, -0.2) is 0 Å². The minimum absolute atomic E-state index is 0.523. The van der Waals surface area contributed by atoms with Crippen LogP contribution in [0.25, 0.3) is 0 Å². The van der Waals surface area contributed by atoms with Gasteiger partial charge in [-0.1, -0.05) is 19.1 Å². The van der Waals surface area contributed by atoms with Crippen LogP contribution >= 0.6 is 11.8 Å². The molecular weight excluding hydrogens is 334 g/mol. The molecule has 1 aromatic carbocycles. The Morgan fingerprint density at radius 3 is 2.96 bits per heavy atom. The van der Waals surface area contributed by atoms with Crippen molar-refractivity contribution >= 4 is 17.7 Å². The van der Waals surface area contributed by atoms with Gasteiger partial charge in [-0.15, -0.1) is 11.8 Å². The second-order valence-corrected chi connectivity index (χ2v) is 7.67. The third-order valence-corrected chi connectivity index (χ3v) is 5.71. The van der Waals surface area contributed by atoms with Crippen LogP contribution in [0.3, 0.4) is 0 Å². The van der Waals surface area contributed by atoms with Crippen molar-refractivity contribution in [3.8, 4) is 5.75 Å². The highest BCUT2D eigenvalue weighted by Crippen LogP contribution is 2.29. The van der Waals surface area contributed by atoms with Crippen molar-refractivity contribution in [2.45, 2.75) is 18.2 Å². The lowest BCUT2D eigenvalue weighted by molar-refractivity contribution is 0.181. The van der Waals surface area contributed by atoms with Crippen molar-refractivity contribution in [1.82, 2.24) is 10.2 Å². The summed E-state index contributed by atoms with van der Waals surface area (Å²) < 4.78 is 10.9. The summed E-state index contributed by atoms with van der Waals surface area (Å²) in [5.41, 5.74) is 0. The zero-order valence-corrected chi connectivity index (χ0v) is 16.6. The summed E-state index contributed by atoms with van der Waals surface area (Å²) in [5.74, 6) is 4.07. The topological polar surface area (TPSA) is 46.1 Å². The molecule has 140 valence electrons. The number of aliphatic imine (C=N–C) groups is 1. The maximum absolute atomic E-state index is 5.46. The number of benzene rings is 1. The van der Waals surface area contributed by atoms with Crippen molar-refractivity contribution in [3.63, 3.8) is 0 Å². The first kappa shape index (κ1) is 19.9. The van der Waals surface area contributed by atoms with Crippen LogP contribution in [0, 0.1) is 11.8 Å². The molecule has 0 spiro atoms. The van der Waals surface area contributed by atoms with E-state index in [1.165, 1.54) is 4.90 Å². The molecule has 0 bridgehead atoms. The SMILES string of the molecule is CN=C(NCC(C)CSc1ccccc1OC)N(C)CC1CCOC1. The van der Waals surface area contributed by atoms with E-state index in [4.69, 9.17) is 9.47 Å². The molecule has 1 heterocycles.